The Balaban J connectivity index is 1.43. The lowest BCUT2D eigenvalue weighted by atomic mass is 10.1. The van der Waals surface area contributed by atoms with Gasteiger partial charge in [-0.25, -0.2) is 0 Å². The van der Waals surface area contributed by atoms with Gasteiger partial charge in [0, 0.05) is 10.9 Å². The highest BCUT2D eigenvalue weighted by Crippen LogP contribution is 2.35. The first kappa shape index (κ1) is 20.9. The lowest BCUT2D eigenvalue weighted by molar-refractivity contribution is -0.118. The van der Waals surface area contributed by atoms with Gasteiger partial charge in [-0.05, 0) is 42.5 Å². The van der Waals surface area contributed by atoms with Gasteiger partial charge in [0.2, 0.25) is 5.78 Å². The number of ketones is 1. The fraction of sp³-hybridized carbons (Fsp3) is 0.120. The molecule has 0 radical (unpaired) electrons. The number of amides is 1. The maximum atomic E-state index is 13.3. The van der Waals surface area contributed by atoms with Crippen molar-refractivity contribution in [2.75, 3.05) is 25.1 Å². The van der Waals surface area contributed by atoms with Crippen LogP contribution in [0.3, 0.4) is 0 Å². The molecular formula is C25H18ClNO6. The third-order valence-electron chi connectivity index (χ3n) is 5.07. The minimum absolute atomic E-state index is 0.0129. The van der Waals surface area contributed by atoms with E-state index in [1.54, 1.807) is 66.7 Å². The number of nitrogens with one attached hydrogen (secondary N) is 1. The number of para-hydroxylation sites is 2. The van der Waals surface area contributed by atoms with Gasteiger partial charge in [-0.3, -0.25) is 9.59 Å². The van der Waals surface area contributed by atoms with Crippen LogP contribution in [-0.4, -0.2) is 31.5 Å². The molecular weight excluding hydrogens is 446 g/mol. The second-order valence-corrected chi connectivity index (χ2v) is 7.66. The van der Waals surface area contributed by atoms with E-state index in [9.17, 15) is 9.59 Å². The molecule has 1 aliphatic heterocycles. The summed E-state index contributed by atoms with van der Waals surface area (Å²) in [5.41, 5.74) is 1.10. The molecule has 0 bridgehead atoms. The first-order valence-electron chi connectivity index (χ1n) is 10.2. The first-order valence-corrected chi connectivity index (χ1v) is 10.6. The Bertz CT molecular complexity index is 1360. The van der Waals surface area contributed by atoms with Crippen LogP contribution in [0.15, 0.2) is 71.1 Å². The normalized spacial score (nSPS) is 12.4. The minimum Gasteiger partial charge on any atom is -0.486 e. The molecule has 4 aromatic rings. The van der Waals surface area contributed by atoms with Gasteiger partial charge in [0.1, 0.15) is 24.5 Å². The molecule has 33 heavy (non-hydrogen) atoms. The van der Waals surface area contributed by atoms with Crippen molar-refractivity contribution in [2.24, 2.45) is 0 Å². The van der Waals surface area contributed by atoms with Crippen molar-refractivity contribution in [3.8, 4) is 17.2 Å². The van der Waals surface area contributed by atoms with Crippen LogP contribution < -0.4 is 19.5 Å². The molecule has 1 amide bonds. The fourth-order valence-corrected chi connectivity index (χ4v) is 3.72. The van der Waals surface area contributed by atoms with E-state index < -0.39 is 11.7 Å². The van der Waals surface area contributed by atoms with Crippen molar-refractivity contribution in [3.05, 3.63) is 83.1 Å². The quantitative estimate of drug-likeness (QED) is 0.400. The van der Waals surface area contributed by atoms with Crippen molar-refractivity contribution in [1.29, 1.82) is 0 Å². The summed E-state index contributed by atoms with van der Waals surface area (Å²) in [5.74, 6) is 0.607. The summed E-state index contributed by atoms with van der Waals surface area (Å²) >= 11 is 6.08. The second kappa shape index (κ2) is 8.88. The summed E-state index contributed by atoms with van der Waals surface area (Å²) in [6, 6.07) is 18.9. The summed E-state index contributed by atoms with van der Waals surface area (Å²) in [6.45, 7) is 0.569. The van der Waals surface area contributed by atoms with Crippen LogP contribution in [-0.2, 0) is 4.79 Å². The maximum absolute atomic E-state index is 13.3. The van der Waals surface area contributed by atoms with Crippen LogP contribution in [0.4, 0.5) is 5.69 Å². The number of carbonyl (C=O) groups is 2. The van der Waals surface area contributed by atoms with Crippen molar-refractivity contribution in [3.63, 3.8) is 0 Å². The number of hydrogen-bond donors (Lipinski definition) is 1. The van der Waals surface area contributed by atoms with Gasteiger partial charge in [-0.1, -0.05) is 35.9 Å². The Morgan fingerprint density at radius 3 is 2.55 bits per heavy atom. The van der Waals surface area contributed by atoms with Crippen LogP contribution in [0.1, 0.15) is 16.1 Å². The number of rotatable bonds is 6. The molecule has 0 unspecified atom stereocenters. The van der Waals surface area contributed by atoms with Crippen LogP contribution in [0.5, 0.6) is 17.2 Å². The number of hydrogen-bond acceptors (Lipinski definition) is 6. The van der Waals surface area contributed by atoms with Gasteiger partial charge >= 0.3 is 0 Å². The van der Waals surface area contributed by atoms with Crippen molar-refractivity contribution < 1.29 is 28.2 Å². The van der Waals surface area contributed by atoms with Crippen LogP contribution in [0, 0.1) is 0 Å². The standard InChI is InChI=1S/C25H18ClNO6/c26-17-6-2-4-8-19(17)32-14-22(28)27-23-16-5-1-3-7-18(16)33-25(23)24(29)15-9-10-20-21(13-15)31-12-11-30-20/h1-10,13H,11-12,14H2,(H,27,28). The molecule has 0 saturated heterocycles. The van der Waals surface area contributed by atoms with Gasteiger partial charge < -0.3 is 23.9 Å². The largest absolute Gasteiger partial charge is 0.486 e. The number of benzene rings is 3. The Morgan fingerprint density at radius 2 is 1.70 bits per heavy atom. The SMILES string of the molecule is O=C(COc1ccccc1Cl)Nc1c(C(=O)c2ccc3c(c2)OCCO3)oc2ccccc12. The maximum Gasteiger partial charge on any atom is 0.262 e. The molecule has 0 fully saturated rings. The Hall–Kier alpha value is -3.97. The minimum atomic E-state index is -0.460. The molecule has 0 aliphatic carbocycles. The highest BCUT2D eigenvalue weighted by Gasteiger charge is 2.25. The average Bonchev–Trinajstić information content (AvgIpc) is 3.21. The smallest absolute Gasteiger partial charge is 0.262 e. The van der Waals surface area contributed by atoms with E-state index in [1.165, 1.54) is 0 Å². The van der Waals surface area contributed by atoms with Gasteiger partial charge in [-0.2, -0.15) is 0 Å². The van der Waals surface area contributed by atoms with Crippen LogP contribution in [0.2, 0.25) is 5.02 Å². The topological polar surface area (TPSA) is 87.0 Å². The predicted octanol–water partition coefficient (Wildman–Crippen LogP) is 5.11. The number of halogens is 1. The molecule has 1 N–H and O–H groups in total. The Morgan fingerprint density at radius 1 is 0.939 bits per heavy atom. The van der Waals surface area contributed by atoms with E-state index in [1.807, 2.05) is 0 Å². The highest BCUT2D eigenvalue weighted by molar-refractivity contribution is 6.32. The zero-order chi connectivity index (χ0) is 22.8. The fourth-order valence-electron chi connectivity index (χ4n) is 3.53. The number of fused-ring (bicyclic) bond motifs is 2. The van der Waals surface area contributed by atoms with Gasteiger partial charge in [0.05, 0.1) is 10.7 Å². The van der Waals surface area contributed by atoms with Crippen molar-refractivity contribution >= 4 is 39.9 Å². The second-order valence-electron chi connectivity index (χ2n) is 7.26. The van der Waals surface area contributed by atoms with Crippen LogP contribution >= 0.6 is 11.6 Å². The third-order valence-corrected chi connectivity index (χ3v) is 5.38. The van der Waals surface area contributed by atoms with Gasteiger partial charge in [-0.15, -0.1) is 0 Å². The zero-order valence-corrected chi connectivity index (χ0v) is 18.1. The zero-order valence-electron chi connectivity index (χ0n) is 17.3. The third kappa shape index (κ3) is 4.23. The molecule has 7 nitrogen and oxygen atoms in total. The molecule has 3 aromatic carbocycles. The van der Waals surface area contributed by atoms with E-state index in [4.69, 9.17) is 30.2 Å². The Kier molecular flexibility index (Phi) is 5.62. The lowest BCUT2D eigenvalue weighted by Gasteiger charge is -2.18. The number of anilines is 1. The monoisotopic (exact) mass is 463 g/mol. The summed E-state index contributed by atoms with van der Waals surface area (Å²) in [5, 5.41) is 3.76. The molecule has 5 rings (SSSR count). The summed E-state index contributed by atoms with van der Waals surface area (Å²) in [4.78, 5) is 26.0. The molecule has 1 aromatic heterocycles. The number of carbonyl (C=O) groups excluding carboxylic acids is 2. The number of ether oxygens (including phenoxy) is 3. The molecule has 166 valence electrons. The van der Waals surface area contributed by atoms with E-state index in [2.05, 4.69) is 5.32 Å². The summed E-state index contributed by atoms with van der Waals surface area (Å²) < 4.78 is 22.5. The van der Waals surface area contributed by atoms with Crippen molar-refractivity contribution in [2.45, 2.75) is 0 Å². The van der Waals surface area contributed by atoms with E-state index in [0.29, 0.717) is 52.0 Å². The Labute approximate surface area is 193 Å². The molecule has 0 spiro atoms. The molecule has 8 heteroatoms. The van der Waals surface area contributed by atoms with E-state index in [-0.39, 0.29) is 18.1 Å². The summed E-state index contributed by atoms with van der Waals surface area (Å²) in [7, 11) is 0. The van der Waals surface area contributed by atoms with Crippen molar-refractivity contribution in [1.82, 2.24) is 0 Å². The summed E-state index contributed by atoms with van der Waals surface area (Å²) in [6.07, 6.45) is 0. The molecule has 2 heterocycles. The lowest BCUT2D eigenvalue weighted by Crippen LogP contribution is -2.21. The average molecular weight is 464 g/mol. The van der Waals surface area contributed by atoms with Crippen LogP contribution in [0.25, 0.3) is 11.0 Å². The van der Waals surface area contributed by atoms with Gasteiger partial charge in [0.25, 0.3) is 5.91 Å². The van der Waals surface area contributed by atoms with E-state index >= 15 is 0 Å². The van der Waals surface area contributed by atoms with E-state index in [0.717, 1.165) is 0 Å². The highest BCUT2D eigenvalue weighted by atomic mass is 35.5. The predicted molar refractivity (Wildman–Crippen MR) is 123 cm³/mol. The molecule has 0 saturated carbocycles. The first-order chi connectivity index (χ1) is 16.1. The number of furan rings is 1. The van der Waals surface area contributed by atoms with Gasteiger partial charge in [0.15, 0.2) is 23.9 Å². The molecule has 0 atom stereocenters. The molecule has 1 aliphatic rings.